The molecule has 0 aromatic carbocycles. The van der Waals surface area contributed by atoms with Gasteiger partial charge in [0.05, 0.1) is 28.5 Å². The minimum atomic E-state index is -0.547. The van der Waals surface area contributed by atoms with E-state index in [9.17, 15) is 5.11 Å². The highest BCUT2D eigenvalue weighted by molar-refractivity contribution is 7.10. The van der Waals surface area contributed by atoms with Crippen molar-refractivity contribution < 1.29 is 9.52 Å². The molecular weight excluding hydrogens is 232 g/mol. The average molecular weight is 243 g/mol. The lowest BCUT2D eigenvalue weighted by Crippen LogP contribution is -1.99. The van der Waals surface area contributed by atoms with Crippen LogP contribution in [0.2, 0.25) is 5.02 Å². The van der Waals surface area contributed by atoms with Gasteiger partial charge in [0, 0.05) is 6.42 Å². The van der Waals surface area contributed by atoms with E-state index in [2.05, 4.69) is 0 Å². The summed E-state index contributed by atoms with van der Waals surface area (Å²) in [4.78, 5) is 0.829. The number of hydrogen-bond donors (Lipinski definition) is 1. The Hall–Kier alpha value is -0.770. The molecule has 4 heteroatoms. The third kappa shape index (κ3) is 2.25. The average Bonchev–Trinajstić information content (AvgIpc) is 2.79. The molecule has 2 rings (SSSR count). The van der Waals surface area contributed by atoms with E-state index in [4.69, 9.17) is 16.0 Å². The predicted octanol–water partition coefficient (Wildman–Crippen LogP) is 3.58. The van der Waals surface area contributed by atoms with Crippen LogP contribution in [0.4, 0.5) is 0 Å². The van der Waals surface area contributed by atoms with E-state index in [1.165, 1.54) is 11.3 Å². The van der Waals surface area contributed by atoms with Crippen molar-refractivity contribution in [1.29, 1.82) is 0 Å². The zero-order valence-corrected chi connectivity index (χ0v) is 9.81. The molecule has 0 radical (unpaired) electrons. The molecule has 2 aromatic rings. The van der Waals surface area contributed by atoms with Crippen molar-refractivity contribution in [3.63, 3.8) is 0 Å². The molecule has 1 atom stereocenters. The van der Waals surface area contributed by atoms with Crippen molar-refractivity contribution in [3.8, 4) is 0 Å². The molecule has 0 spiro atoms. The summed E-state index contributed by atoms with van der Waals surface area (Å²) in [6, 6.07) is 1.84. The van der Waals surface area contributed by atoms with Gasteiger partial charge in [-0.05, 0) is 29.5 Å². The van der Waals surface area contributed by atoms with E-state index in [0.29, 0.717) is 11.4 Å². The molecule has 0 bridgehead atoms. The smallest absolute Gasteiger partial charge is 0.0938 e. The minimum Gasteiger partial charge on any atom is -0.472 e. The van der Waals surface area contributed by atoms with Gasteiger partial charge in [0.1, 0.15) is 0 Å². The van der Waals surface area contributed by atoms with Crippen LogP contribution in [0.5, 0.6) is 0 Å². The molecule has 0 aliphatic rings. The fourth-order valence-electron chi connectivity index (χ4n) is 1.40. The fraction of sp³-hybridized carbons (Fsp3) is 0.273. The second-order valence-electron chi connectivity index (χ2n) is 3.45. The van der Waals surface area contributed by atoms with Crippen molar-refractivity contribution in [3.05, 3.63) is 45.0 Å². The number of rotatable bonds is 3. The molecule has 0 saturated carbocycles. The third-order valence-corrected chi connectivity index (χ3v) is 4.05. The van der Waals surface area contributed by atoms with Crippen LogP contribution in [-0.2, 0) is 6.42 Å². The highest BCUT2D eigenvalue weighted by Gasteiger charge is 2.16. The standard InChI is InChI=1S/C11H11ClO2S/c1-7-6-15-11(10(7)12)9(13)4-8-2-3-14-5-8/h2-3,5-6,9,13H,4H2,1H3. The van der Waals surface area contributed by atoms with Gasteiger partial charge in [-0.1, -0.05) is 11.6 Å². The second kappa shape index (κ2) is 4.39. The molecule has 2 aromatic heterocycles. The molecule has 0 aliphatic carbocycles. The Kier molecular flexibility index (Phi) is 3.14. The van der Waals surface area contributed by atoms with Crippen molar-refractivity contribution in [2.24, 2.45) is 0 Å². The maximum Gasteiger partial charge on any atom is 0.0938 e. The summed E-state index contributed by atoms with van der Waals surface area (Å²) in [5.41, 5.74) is 1.99. The Labute approximate surface area is 97.1 Å². The molecule has 2 nitrogen and oxygen atoms in total. The maximum absolute atomic E-state index is 9.97. The number of aliphatic hydroxyl groups is 1. The summed E-state index contributed by atoms with van der Waals surface area (Å²) in [5.74, 6) is 0. The number of furan rings is 1. The van der Waals surface area contributed by atoms with E-state index in [-0.39, 0.29) is 0 Å². The largest absolute Gasteiger partial charge is 0.472 e. The van der Waals surface area contributed by atoms with Crippen LogP contribution in [0.25, 0.3) is 0 Å². The van der Waals surface area contributed by atoms with Gasteiger partial charge in [-0.3, -0.25) is 0 Å². The fourth-order valence-corrected chi connectivity index (χ4v) is 2.70. The first-order valence-electron chi connectivity index (χ1n) is 4.61. The molecule has 1 unspecified atom stereocenters. The Bertz CT molecular complexity index is 433. The lowest BCUT2D eigenvalue weighted by Gasteiger charge is -2.07. The first kappa shape index (κ1) is 10.7. The van der Waals surface area contributed by atoms with Gasteiger partial charge in [-0.2, -0.15) is 0 Å². The van der Waals surface area contributed by atoms with E-state index in [0.717, 1.165) is 16.0 Å². The summed E-state index contributed by atoms with van der Waals surface area (Å²) in [6.45, 7) is 1.94. The van der Waals surface area contributed by atoms with Crippen molar-refractivity contribution in [1.82, 2.24) is 0 Å². The van der Waals surface area contributed by atoms with Crippen LogP contribution in [0.3, 0.4) is 0 Å². The van der Waals surface area contributed by atoms with E-state index >= 15 is 0 Å². The second-order valence-corrected chi connectivity index (χ2v) is 4.74. The molecule has 0 saturated heterocycles. The van der Waals surface area contributed by atoms with Gasteiger partial charge >= 0.3 is 0 Å². The molecule has 80 valence electrons. The highest BCUT2D eigenvalue weighted by atomic mass is 35.5. The van der Waals surface area contributed by atoms with Crippen molar-refractivity contribution in [2.45, 2.75) is 19.4 Å². The van der Waals surface area contributed by atoms with Crippen LogP contribution in [0.1, 0.15) is 22.1 Å². The topological polar surface area (TPSA) is 33.4 Å². The molecule has 0 fully saturated rings. The quantitative estimate of drug-likeness (QED) is 0.893. The lowest BCUT2D eigenvalue weighted by atomic mass is 10.1. The van der Waals surface area contributed by atoms with Crippen LogP contribution in [0.15, 0.2) is 28.4 Å². The number of thiophene rings is 1. The summed E-state index contributed by atoms with van der Waals surface area (Å²) < 4.78 is 4.95. The monoisotopic (exact) mass is 242 g/mol. The Morgan fingerprint density at radius 1 is 1.60 bits per heavy atom. The van der Waals surface area contributed by atoms with Crippen LogP contribution < -0.4 is 0 Å². The van der Waals surface area contributed by atoms with Crippen LogP contribution in [0, 0.1) is 6.92 Å². The van der Waals surface area contributed by atoms with Crippen molar-refractivity contribution >= 4 is 22.9 Å². The number of halogens is 1. The zero-order chi connectivity index (χ0) is 10.8. The lowest BCUT2D eigenvalue weighted by molar-refractivity contribution is 0.182. The Morgan fingerprint density at radius 2 is 2.40 bits per heavy atom. The maximum atomic E-state index is 9.97. The first-order chi connectivity index (χ1) is 7.18. The Balaban J connectivity index is 2.14. The predicted molar refractivity (Wildman–Crippen MR) is 61.4 cm³/mol. The highest BCUT2D eigenvalue weighted by Crippen LogP contribution is 2.33. The first-order valence-corrected chi connectivity index (χ1v) is 5.87. The van der Waals surface area contributed by atoms with Gasteiger partial charge in [0.25, 0.3) is 0 Å². The van der Waals surface area contributed by atoms with Crippen LogP contribution >= 0.6 is 22.9 Å². The van der Waals surface area contributed by atoms with E-state index < -0.39 is 6.10 Å². The Morgan fingerprint density at radius 3 is 2.93 bits per heavy atom. The number of aliphatic hydroxyl groups excluding tert-OH is 1. The third-order valence-electron chi connectivity index (χ3n) is 2.24. The number of aryl methyl sites for hydroxylation is 1. The molecule has 1 N–H and O–H groups in total. The summed E-state index contributed by atoms with van der Waals surface area (Å²) in [6.07, 6.45) is 3.23. The summed E-state index contributed by atoms with van der Waals surface area (Å²) >= 11 is 7.56. The number of hydrogen-bond acceptors (Lipinski definition) is 3. The van der Waals surface area contributed by atoms with E-state index in [1.54, 1.807) is 12.5 Å². The van der Waals surface area contributed by atoms with Gasteiger partial charge in [0.2, 0.25) is 0 Å². The molecule has 0 aliphatic heterocycles. The van der Waals surface area contributed by atoms with Crippen LogP contribution in [-0.4, -0.2) is 5.11 Å². The normalized spacial score (nSPS) is 13.0. The van der Waals surface area contributed by atoms with Gasteiger partial charge in [-0.15, -0.1) is 11.3 Å². The zero-order valence-electron chi connectivity index (χ0n) is 8.24. The molecule has 0 amide bonds. The van der Waals surface area contributed by atoms with E-state index in [1.807, 2.05) is 18.4 Å². The molecular formula is C11H11ClO2S. The SMILES string of the molecule is Cc1csc(C(O)Cc2ccoc2)c1Cl. The van der Waals surface area contributed by atoms with Gasteiger partial charge in [0.15, 0.2) is 0 Å². The molecule has 2 heterocycles. The summed E-state index contributed by atoms with van der Waals surface area (Å²) in [5, 5.41) is 12.6. The molecule has 15 heavy (non-hydrogen) atoms. The summed E-state index contributed by atoms with van der Waals surface area (Å²) in [7, 11) is 0. The minimum absolute atomic E-state index is 0.538. The van der Waals surface area contributed by atoms with Crippen molar-refractivity contribution in [2.75, 3.05) is 0 Å². The van der Waals surface area contributed by atoms with Gasteiger partial charge < -0.3 is 9.52 Å². The van der Waals surface area contributed by atoms with Gasteiger partial charge in [-0.25, -0.2) is 0 Å².